The molecule has 0 aliphatic carbocycles. The minimum Gasteiger partial charge on any atom is -0.457 e. The Morgan fingerprint density at radius 1 is 1.08 bits per heavy atom. The molecule has 1 aromatic heterocycles. The third kappa shape index (κ3) is 5.87. The first kappa shape index (κ1) is 26.2. The predicted molar refractivity (Wildman–Crippen MR) is 140 cm³/mol. The monoisotopic (exact) mass is 601 g/mol. The molecule has 4 aromatic rings. The van der Waals surface area contributed by atoms with Crippen LogP contribution in [0.1, 0.15) is 34.6 Å². The quantitative estimate of drug-likeness (QED) is 0.178. The van der Waals surface area contributed by atoms with Crippen molar-refractivity contribution in [3.63, 3.8) is 0 Å². The van der Waals surface area contributed by atoms with Crippen molar-refractivity contribution in [1.82, 2.24) is 9.78 Å². The number of amides is 1. The van der Waals surface area contributed by atoms with Crippen molar-refractivity contribution in [2.45, 2.75) is 24.7 Å². The molecular formula is C26H19BrF3N5O4. The van der Waals surface area contributed by atoms with Crippen LogP contribution in [0.5, 0.6) is 11.5 Å². The van der Waals surface area contributed by atoms with Crippen molar-refractivity contribution in [1.29, 1.82) is 0 Å². The van der Waals surface area contributed by atoms with Crippen molar-refractivity contribution >= 4 is 39.0 Å². The van der Waals surface area contributed by atoms with Crippen LogP contribution >= 0.6 is 15.9 Å². The van der Waals surface area contributed by atoms with Crippen LogP contribution in [0.2, 0.25) is 0 Å². The Labute approximate surface area is 227 Å². The molecule has 2 N–H and O–H groups in total. The number of ether oxygens (including phenoxy) is 1. The first-order valence-corrected chi connectivity index (χ1v) is 12.4. The minimum absolute atomic E-state index is 0.0131. The highest BCUT2D eigenvalue weighted by atomic mass is 79.9. The summed E-state index contributed by atoms with van der Waals surface area (Å²) in [7, 11) is 0. The van der Waals surface area contributed by atoms with Gasteiger partial charge in [0.05, 0.1) is 22.7 Å². The van der Waals surface area contributed by atoms with Gasteiger partial charge in [-0.2, -0.15) is 18.3 Å². The van der Waals surface area contributed by atoms with E-state index in [2.05, 4.69) is 31.7 Å². The van der Waals surface area contributed by atoms with Crippen molar-refractivity contribution in [3.8, 4) is 11.5 Å². The number of carbonyl (C=O) groups is 1. The van der Waals surface area contributed by atoms with Gasteiger partial charge >= 0.3 is 6.18 Å². The van der Waals surface area contributed by atoms with Gasteiger partial charge < -0.3 is 15.4 Å². The Balaban J connectivity index is 1.42. The lowest BCUT2D eigenvalue weighted by atomic mass is 9.97. The van der Waals surface area contributed by atoms with Crippen molar-refractivity contribution in [3.05, 3.63) is 105 Å². The normalized spacial score (nSPS) is 16.6. The Morgan fingerprint density at radius 2 is 1.79 bits per heavy atom. The maximum Gasteiger partial charge on any atom is 0.410 e. The first-order valence-electron chi connectivity index (χ1n) is 11.6. The van der Waals surface area contributed by atoms with E-state index in [1.807, 2.05) is 0 Å². The molecule has 0 unspecified atom stereocenters. The summed E-state index contributed by atoms with van der Waals surface area (Å²) in [6, 6.07) is 17.7. The predicted octanol–water partition coefficient (Wildman–Crippen LogP) is 7.26. The summed E-state index contributed by atoms with van der Waals surface area (Å²) >= 11 is 3.31. The topological polar surface area (TPSA) is 111 Å². The van der Waals surface area contributed by atoms with Crippen LogP contribution in [0.25, 0.3) is 0 Å². The summed E-state index contributed by atoms with van der Waals surface area (Å²) in [6.07, 6.45) is -4.94. The number of nitro benzene ring substituents is 1. The van der Waals surface area contributed by atoms with E-state index in [4.69, 9.17) is 4.74 Å². The minimum atomic E-state index is -4.62. The highest BCUT2D eigenvalue weighted by Crippen LogP contribution is 2.44. The molecule has 2 atom stereocenters. The van der Waals surface area contributed by atoms with Gasteiger partial charge in [-0.15, -0.1) is 0 Å². The fourth-order valence-corrected chi connectivity index (χ4v) is 4.50. The number of carbonyl (C=O) groups excluding carboxylic acids is 1. The molecular weight excluding hydrogens is 583 g/mol. The van der Waals surface area contributed by atoms with E-state index in [9.17, 15) is 28.1 Å². The average Bonchev–Trinajstić information content (AvgIpc) is 3.33. The average molecular weight is 602 g/mol. The zero-order chi connectivity index (χ0) is 27.7. The summed E-state index contributed by atoms with van der Waals surface area (Å²) < 4.78 is 49.2. The van der Waals surface area contributed by atoms with Gasteiger partial charge in [-0.1, -0.05) is 46.3 Å². The number of alkyl halides is 3. The molecule has 0 bridgehead atoms. The van der Waals surface area contributed by atoms with E-state index in [1.165, 1.54) is 18.2 Å². The second-order valence-electron chi connectivity index (χ2n) is 8.74. The lowest BCUT2D eigenvalue weighted by Gasteiger charge is -2.33. The molecule has 13 heteroatoms. The Kier molecular flexibility index (Phi) is 7.00. The molecule has 2 heterocycles. The van der Waals surface area contributed by atoms with Crippen LogP contribution in [-0.4, -0.2) is 26.8 Å². The SMILES string of the molecule is O=C(Nc1cc(Oc2ccccc2)cc([N+](=O)[O-])c1)c1cc2n(n1)[C@@H](C(F)(F)F)C[C@@H](c1ccc(Br)cc1)N2. The molecule has 3 aromatic carbocycles. The molecule has 5 rings (SSSR count). The summed E-state index contributed by atoms with van der Waals surface area (Å²) in [4.78, 5) is 23.8. The Bertz CT molecular complexity index is 1530. The van der Waals surface area contributed by atoms with E-state index in [1.54, 1.807) is 54.6 Å². The van der Waals surface area contributed by atoms with Gasteiger partial charge in [0.25, 0.3) is 11.6 Å². The number of aromatic nitrogens is 2. The number of hydrogen-bond donors (Lipinski definition) is 2. The number of rotatable bonds is 6. The molecule has 1 aliphatic rings. The number of hydrogen-bond acceptors (Lipinski definition) is 6. The van der Waals surface area contributed by atoms with Crippen LogP contribution in [-0.2, 0) is 0 Å². The van der Waals surface area contributed by atoms with E-state index in [0.717, 1.165) is 15.2 Å². The molecule has 0 saturated carbocycles. The summed E-state index contributed by atoms with van der Waals surface area (Å²) in [5, 5.41) is 20.9. The molecule has 39 heavy (non-hydrogen) atoms. The van der Waals surface area contributed by atoms with Crippen LogP contribution in [0.15, 0.2) is 83.3 Å². The van der Waals surface area contributed by atoms with Crippen LogP contribution < -0.4 is 15.4 Å². The van der Waals surface area contributed by atoms with Gasteiger partial charge in [-0.25, -0.2) is 4.68 Å². The molecule has 9 nitrogen and oxygen atoms in total. The standard InChI is InChI=1S/C26H19BrF3N5O4/c27-16-8-6-15(7-9-16)21-13-23(26(28,29)30)34-24(32-21)14-22(33-34)25(36)31-17-10-18(35(37)38)12-20(11-17)39-19-4-2-1-3-5-19/h1-12,14,21,23,32H,13H2,(H,31,36)/t21-,23+/m0/s1. The third-order valence-corrected chi connectivity index (χ3v) is 6.56. The van der Waals surface area contributed by atoms with Crippen LogP contribution in [0.3, 0.4) is 0 Å². The second kappa shape index (κ2) is 10.4. The third-order valence-electron chi connectivity index (χ3n) is 6.03. The largest absolute Gasteiger partial charge is 0.457 e. The number of halogens is 4. The lowest BCUT2D eigenvalue weighted by Crippen LogP contribution is -2.35. The summed E-state index contributed by atoms with van der Waals surface area (Å²) in [5.74, 6) is -0.313. The van der Waals surface area contributed by atoms with Gasteiger partial charge in [0.2, 0.25) is 0 Å². The fraction of sp³-hybridized carbons (Fsp3) is 0.154. The number of benzene rings is 3. The molecule has 1 aliphatic heterocycles. The van der Waals surface area contributed by atoms with E-state index < -0.39 is 29.1 Å². The number of nitrogens with one attached hydrogen (secondary N) is 2. The number of nitrogens with zero attached hydrogens (tertiary/aromatic N) is 3. The number of para-hydroxylation sites is 1. The van der Waals surface area contributed by atoms with Gasteiger partial charge in [0, 0.05) is 29.1 Å². The molecule has 200 valence electrons. The first-order chi connectivity index (χ1) is 18.6. The molecule has 1 amide bonds. The van der Waals surface area contributed by atoms with Crippen LogP contribution in [0.4, 0.5) is 30.4 Å². The van der Waals surface area contributed by atoms with Gasteiger partial charge in [0.1, 0.15) is 17.3 Å². The number of fused-ring (bicyclic) bond motifs is 1. The maximum absolute atomic E-state index is 14.0. The van der Waals surface area contributed by atoms with Gasteiger partial charge in [-0.05, 0) is 29.8 Å². The van der Waals surface area contributed by atoms with Crippen LogP contribution in [0, 0.1) is 10.1 Å². The summed E-state index contributed by atoms with van der Waals surface area (Å²) in [6.45, 7) is 0. The van der Waals surface area contributed by atoms with Gasteiger partial charge in [0.15, 0.2) is 11.7 Å². The second-order valence-corrected chi connectivity index (χ2v) is 9.66. The molecule has 0 fully saturated rings. The lowest BCUT2D eigenvalue weighted by molar-refractivity contribution is -0.384. The Morgan fingerprint density at radius 3 is 2.46 bits per heavy atom. The van der Waals surface area contributed by atoms with E-state index in [0.29, 0.717) is 11.3 Å². The van der Waals surface area contributed by atoms with Crippen molar-refractivity contribution < 1.29 is 27.6 Å². The number of non-ortho nitro benzene ring substituents is 1. The highest BCUT2D eigenvalue weighted by Gasteiger charge is 2.46. The Hall–Kier alpha value is -4.39. The zero-order valence-electron chi connectivity index (χ0n) is 19.9. The van der Waals surface area contributed by atoms with Gasteiger partial charge in [-0.3, -0.25) is 14.9 Å². The molecule has 0 radical (unpaired) electrons. The van der Waals surface area contributed by atoms with E-state index in [-0.39, 0.29) is 35.1 Å². The number of nitro groups is 1. The molecule has 0 saturated heterocycles. The van der Waals surface area contributed by atoms with Crippen molar-refractivity contribution in [2.24, 2.45) is 0 Å². The number of anilines is 2. The highest BCUT2D eigenvalue weighted by molar-refractivity contribution is 9.10. The summed E-state index contributed by atoms with van der Waals surface area (Å²) in [5.41, 5.74) is 0.0202. The maximum atomic E-state index is 14.0. The smallest absolute Gasteiger partial charge is 0.410 e. The van der Waals surface area contributed by atoms with E-state index >= 15 is 0 Å². The molecule has 0 spiro atoms. The fourth-order valence-electron chi connectivity index (χ4n) is 4.24. The zero-order valence-corrected chi connectivity index (χ0v) is 21.4. The van der Waals surface area contributed by atoms with Crippen molar-refractivity contribution in [2.75, 3.05) is 10.6 Å².